The van der Waals surface area contributed by atoms with E-state index in [1.54, 1.807) is 0 Å². The monoisotopic (exact) mass is 248 g/mol. The van der Waals surface area contributed by atoms with Crippen LogP contribution in [0.4, 0.5) is 5.69 Å². The molecule has 3 heteroatoms. The van der Waals surface area contributed by atoms with Crippen LogP contribution in [0.3, 0.4) is 0 Å². The van der Waals surface area contributed by atoms with E-state index in [-0.39, 0.29) is 16.6 Å². The normalized spacial score (nSPS) is 16.0. The summed E-state index contributed by atoms with van der Waals surface area (Å²) in [6, 6.07) is 2.10. The van der Waals surface area contributed by atoms with Gasteiger partial charge in [0.05, 0.1) is 0 Å². The molecular weight excluding hydrogens is 224 g/mol. The van der Waals surface area contributed by atoms with Gasteiger partial charge in [0.25, 0.3) is 5.56 Å². The third-order valence-electron chi connectivity index (χ3n) is 3.56. The van der Waals surface area contributed by atoms with Crippen molar-refractivity contribution in [2.75, 3.05) is 11.4 Å². The maximum Gasteiger partial charge on any atom is 0.274 e. The third kappa shape index (κ3) is 2.06. The number of nitrogens with zero attached hydrogens (tertiary/aromatic N) is 2. The highest BCUT2D eigenvalue weighted by Crippen LogP contribution is 2.31. The molecule has 0 atom stereocenters. The fraction of sp³-hybridized carbons (Fsp3) is 0.667. The second kappa shape index (κ2) is 3.87. The SMILES string of the molecule is CC(C)(C)N1CCc2ccn(C(C)(C)C)c(=O)c21. The summed E-state index contributed by atoms with van der Waals surface area (Å²) in [6.45, 7) is 13.6. The number of rotatable bonds is 0. The summed E-state index contributed by atoms with van der Waals surface area (Å²) in [6.07, 6.45) is 2.92. The van der Waals surface area contributed by atoms with E-state index in [4.69, 9.17) is 0 Å². The quantitative estimate of drug-likeness (QED) is 0.705. The summed E-state index contributed by atoms with van der Waals surface area (Å²) in [5.74, 6) is 0. The van der Waals surface area contributed by atoms with Crippen molar-refractivity contribution in [3.05, 3.63) is 28.2 Å². The summed E-state index contributed by atoms with van der Waals surface area (Å²) in [4.78, 5) is 14.9. The summed E-state index contributed by atoms with van der Waals surface area (Å²) >= 11 is 0. The van der Waals surface area contributed by atoms with Gasteiger partial charge in [0.2, 0.25) is 0 Å². The van der Waals surface area contributed by atoms with Gasteiger partial charge in [-0.15, -0.1) is 0 Å². The van der Waals surface area contributed by atoms with Crippen molar-refractivity contribution in [2.45, 2.75) is 59.0 Å². The van der Waals surface area contributed by atoms with Crippen LogP contribution in [-0.2, 0) is 12.0 Å². The first-order valence-electron chi connectivity index (χ1n) is 6.65. The van der Waals surface area contributed by atoms with E-state index in [0.29, 0.717) is 0 Å². The van der Waals surface area contributed by atoms with Crippen molar-refractivity contribution in [3.63, 3.8) is 0 Å². The lowest BCUT2D eigenvalue weighted by Gasteiger charge is -2.34. The minimum absolute atomic E-state index is 0.00147. The minimum atomic E-state index is -0.168. The Labute approximate surface area is 109 Å². The number of hydrogen-bond acceptors (Lipinski definition) is 2. The Kier molecular flexibility index (Phi) is 2.84. The molecule has 0 saturated heterocycles. The van der Waals surface area contributed by atoms with E-state index in [1.165, 1.54) is 5.56 Å². The van der Waals surface area contributed by atoms with Gasteiger partial charge in [-0.05, 0) is 59.6 Å². The number of aromatic nitrogens is 1. The molecule has 0 unspecified atom stereocenters. The molecule has 2 rings (SSSR count). The van der Waals surface area contributed by atoms with Gasteiger partial charge in [0, 0.05) is 23.8 Å². The van der Waals surface area contributed by atoms with E-state index >= 15 is 0 Å². The highest BCUT2D eigenvalue weighted by atomic mass is 16.1. The van der Waals surface area contributed by atoms with Gasteiger partial charge < -0.3 is 9.47 Å². The lowest BCUT2D eigenvalue weighted by molar-refractivity contribution is 0.383. The van der Waals surface area contributed by atoms with Crippen molar-refractivity contribution >= 4 is 5.69 Å². The Morgan fingerprint density at radius 3 is 2.17 bits per heavy atom. The molecule has 0 N–H and O–H groups in total. The summed E-state index contributed by atoms with van der Waals surface area (Å²) < 4.78 is 1.84. The van der Waals surface area contributed by atoms with Crippen LogP contribution in [-0.4, -0.2) is 16.7 Å². The van der Waals surface area contributed by atoms with Gasteiger partial charge in [-0.25, -0.2) is 0 Å². The fourth-order valence-corrected chi connectivity index (χ4v) is 2.60. The van der Waals surface area contributed by atoms with Crippen molar-refractivity contribution in [1.82, 2.24) is 4.57 Å². The second-order valence-corrected chi connectivity index (χ2v) is 7.11. The summed E-state index contributed by atoms with van der Waals surface area (Å²) in [5, 5.41) is 0. The summed E-state index contributed by atoms with van der Waals surface area (Å²) in [5.41, 5.74) is 2.07. The second-order valence-electron chi connectivity index (χ2n) is 7.11. The Bertz CT molecular complexity index is 515. The molecule has 0 saturated carbocycles. The lowest BCUT2D eigenvalue weighted by atomic mass is 10.1. The first-order valence-corrected chi connectivity index (χ1v) is 6.65. The zero-order valence-corrected chi connectivity index (χ0v) is 12.4. The maximum atomic E-state index is 12.7. The van der Waals surface area contributed by atoms with Gasteiger partial charge in [0.1, 0.15) is 5.69 Å². The van der Waals surface area contributed by atoms with E-state index < -0.39 is 0 Å². The van der Waals surface area contributed by atoms with Crippen LogP contribution < -0.4 is 10.5 Å². The molecule has 0 aliphatic carbocycles. The van der Waals surface area contributed by atoms with Gasteiger partial charge >= 0.3 is 0 Å². The smallest absolute Gasteiger partial charge is 0.274 e. The largest absolute Gasteiger partial charge is 0.362 e. The molecule has 0 amide bonds. The molecule has 3 nitrogen and oxygen atoms in total. The number of hydrogen-bond donors (Lipinski definition) is 0. The molecule has 0 aromatic carbocycles. The molecule has 0 radical (unpaired) electrons. The van der Waals surface area contributed by atoms with Crippen molar-refractivity contribution in [3.8, 4) is 0 Å². The molecule has 1 aromatic rings. The van der Waals surface area contributed by atoms with Crippen molar-refractivity contribution < 1.29 is 0 Å². The molecule has 1 aliphatic heterocycles. The highest BCUT2D eigenvalue weighted by Gasteiger charge is 2.32. The number of anilines is 1. The molecule has 100 valence electrons. The van der Waals surface area contributed by atoms with Gasteiger partial charge in [-0.1, -0.05) is 0 Å². The predicted molar refractivity (Wildman–Crippen MR) is 76.5 cm³/mol. The molecule has 1 aliphatic rings. The van der Waals surface area contributed by atoms with Crippen LogP contribution in [0.25, 0.3) is 0 Å². The molecule has 18 heavy (non-hydrogen) atoms. The van der Waals surface area contributed by atoms with Gasteiger partial charge in [-0.2, -0.15) is 0 Å². The predicted octanol–water partition coefficient (Wildman–Crippen LogP) is 2.76. The standard InChI is InChI=1S/C15H24N2O/c1-14(2,3)16-9-7-11-8-10-17(15(4,5)6)13(18)12(11)16/h8,10H,7,9H2,1-6H3. The zero-order chi connectivity index (χ0) is 13.7. The number of fused-ring (bicyclic) bond motifs is 1. The van der Waals surface area contributed by atoms with E-state index in [9.17, 15) is 4.79 Å². The Balaban J connectivity index is 2.62. The van der Waals surface area contributed by atoms with Crippen molar-refractivity contribution in [1.29, 1.82) is 0 Å². The highest BCUT2D eigenvalue weighted by molar-refractivity contribution is 5.58. The Morgan fingerprint density at radius 1 is 1.06 bits per heavy atom. The topological polar surface area (TPSA) is 25.2 Å². The Hall–Kier alpha value is -1.25. The average Bonchev–Trinajstić information content (AvgIpc) is 2.59. The van der Waals surface area contributed by atoms with Crippen LogP contribution in [0.1, 0.15) is 47.1 Å². The maximum absolute atomic E-state index is 12.7. The van der Waals surface area contributed by atoms with Crippen LogP contribution in [0.5, 0.6) is 0 Å². The molecule has 1 aromatic heterocycles. The van der Waals surface area contributed by atoms with E-state index in [1.807, 2.05) is 10.8 Å². The van der Waals surface area contributed by atoms with Crippen molar-refractivity contribution in [2.24, 2.45) is 0 Å². The summed E-state index contributed by atoms with van der Waals surface area (Å²) in [7, 11) is 0. The van der Waals surface area contributed by atoms with E-state index in [2.05, 4.69) is 52.5 Å². The molecular formula is C15H24N2O. The molecule has 0 spiro atoms. The molecule has 0 fully saturated rings. The Morgan fingerprint density at radius 2 is 1.67 bits per heavy atom. The first kappa shape index (κ1) is 13.2. The number of pyridine rings is 1. The first-order chi connectivity index (χ1) is 8.12. The van der Waals surface area contributed by atoms with Gasteiger partial charge in [-0.3, -0.25) is 4.79 Å². The molecule has 0 bridgehead atoms. The van der Waals surface area contributed by atoms with Crippen LogP contribution in [0, 0.1) is 0 Å². The fourth-order valence-electron chi connectivity index (χ4n) is 2.60. The van der Waals surface area contributed by atoms with E-state index in [0.717, 1.165) is 18.7 Å². The van der Waals surface area contributed by atoms with Crippen LogP contribution >= 0.6 is 0 Å². The molecule has 2 heterocycles. The van der Waals surface area contributed by atoms with Crippen LogP contribution in [0.2, 0.25) is 0 Å². The zero-order valence-electron chi connectivity index (χ0n) is 12.4. The third-order valence-corrected chi connectivity index (χ3v) is 3.56. The van der Waals surface area contributed by atoms with Crippen LogP contribution in [0.15, 0.2) is 17.1 Å². The minimum Gasteiger partial charge on any atom is -0.362 e. The average molecular weight is 248 g/mol. The lowest BCUT2D eigenvalue weighted by Crippen LogP contribution is -2.44. The van der Waals surface area contributed by atoms with Gasteiger partial charge in [0.15, 0.2) is 0 Å².